The standard InChI is InChI=1S/C58H36O/c1-3-17-37(18-4-1)38-33-35-40(36-34-38)54-41-21-7-11-25-45(41)55(46-26-12-8-22-42(46)54)49-29-16-32-52-57(49)51-31-15-30-50(58(51)59-52)56-47-27-13-9-23-43(47)53(39-19-5-2-6-20-39)44-24-10-14-28-48(44)56/h1-36H. The van der Waals surface area contributed by atoms with Gasteiger partial charge in [-0.05, 0) is 93.7 Å². The van der Waals surface area contributed by atoms with Gasteiger partial charge in [0.1, 0.15) is 11.2 Å². The van der Waals surface area contributed by atoms with E-state index in [-0.39, 0.29) is 0 Å². The third kappa shape index (κ3) is 5.18. The molecule has 0 bridgehead atoms. The van der Waals surface area contributed by atoms with Crippen molar-refractivity contribution in [2.45, 2.75) is 0 Å². The summed E-state index contributed by atoms with van der Waals surface area (Å²) in [6, 6.07) is 79.2. The molecule has 1 heteroatoms. The Kier molecular flexibility index (Phi) is 7.61. The SMILES string of the molecule is c1ccc(-c2ccc(-c3c4ccccc4c(-c4cccc5oc6c(-c7c8ccccc8c(-c8ccccc8)c8ccccc78)cccc6c45)c4ccccc34)cc2)cc1. The Morgan fingerprint density at radius 3 is 1.07 bits per heavy atom. The maximum absolute atomic E-state index is 7.08. The molecule has 0 saturated carbocycles. The van der Waals surface area contributed by atoms with Crippen LogP contribution >= 0.6 is 0 Å². The van der Waals surface area contributed by atoms with Crippen molar-refractivity contribution < 1.29 is 4.42 Å². The number of para-hydroxylation sites is 1. The molecule has 0 saturated heterocycles. The van der Waals surface area contributed by atoms with Gasteiger partial charge in [0.05, 0.1) is 0 Å². The van der Waals surface area contributed by atoms with Crippen molar-refractivity contribution in [3.63, 3.8) is 0 Å². The molecule has 12 aromatic rings. The molecule has 1 nitrogen and oxygen atoms in total. The van der Waals surface area contributed by atoms with E-state index in [4.69, 9.17) is 4.42 Å². The third-order valence-corrected chi connectivity index (χ3v) is 12.3. The molecular weight excluding hydrogens is 713 g/mol. The summed E-state index contributed by atoms with van der Waals surface area (Å²) in [4.78, 5) is 0. The van der Waals surface area contributed by atoms with E-state index in [0.717, 1.165) is 27.5 Å². The highest BCUT2D eigenvalue weighted by Gasteiger charge is 2.23. The molecule has 1 aromatic heterocycles. The lowest BCUT2D eigenvalue weighted by atomic mass is 9.84. The number of hydrogen-bond acceptors (Lipinski definition) is 1. The van der Waals surface area contributed by atoms with Gasteiger partial charge in [0.2, 0.25) is 0 Å². The van der Waals surface area contributed by atoms with Gasteiger partial charge in [-0.2, -0.15) is 0 Å². The summed E-state index contributed by atoms with van der Waals surface area (Å²) >= 11 is 0. The average molecular weight is 749 g/mol. The van der Waals surface area contributed by atoms with Gasteiger partial charge in [-0.3, -0.25) is 0 Å². The van der Waals surface area contributed by atoms with Gasteiger partial charge in [0.25, 0.3) is 0 Å². The van der Waals surface area contributed by atoms with Crippen LogP contribution in [0.25, 0.3) is 121 Å². The Balaban J connectivity index is 1.12. The van der Waals surface area contributed by atoms with Gasteiger partial charge in [-0.1, -0.05) is 212 Å². The number of fused-ring (bicyclic) bond motifs is 7. The van der Waals surface area contributed by atoms with Crippen molar-refractivity contribution >= 4 is 65.0 Å². The van der Waals surface area contributed by atoms with E-state index in [1.165, 1.54) is 93.2 Å². The summed E-state index contributed by atoms with van der Waals surface area (Å²) in [5.41, 5.74) is 13.8. The number of hydrogen-bond donors (Lipinski definition) is 0. The Morgan fingerprint density at radius 2 is 0.559 bits per heavy atom. The van der Waals surface area contributed by atoms with Crippen LogP contribution in [0.5, 0.6) is 0 Å². The molecule has 0 aliphatic rings. The van der Waals surface area contributed by atoms with Crippen molar-refractivity contribution in [2.24, 2.45) is 0 Å². The molecule has 0 aliphatic carbocycles. The van der Waals surface area contributed by atoms with E-state index in [1.807, 2.05) is 0 Å². The molecule has 0 fully saturated rings. The molecule has 274 valence electrons. The van der Waals surface area contributed by atoms with Gasteiger partial charge in [-0.15, -0.1) is 0 Å². The molecule has 11 aromatic carbocycles. The van der Waals surface area contributed by atoms with E-state index < -0.39 is 0 Å². The van der Waals surface area contributed by atoms with Gasteiger partial charge < -0.3 is 4.42 Å². The lowest BCUT2D eigenvalue weighted by molar-refractivity contribution is 0.670. The van der Waals surface area contributed by atoms with Crippen LogP contribution in [-0.2, 0) is 0 Å². The zero-order chi connectivity index (χ0) is 38.9. The molecule has 0 atom stereocenters. The summed E-state index contributed by atoms with van der Waals surface area (Å²) in [5, 5.41) is 12.0. The minimum absolute atomic E-state index is 0.883. The fourth-order valence-electron chi connectivity index (χ4n) is 9.78. The van der Waals surface area contributed by atoms with E-state index in [2.05, 4.69) is 218 Å². The number of furan rings is 1. The van der Waals surface area contributed by atoms with Crippen molar-refractivity contribution in [2.75, 3.05) is 0 Å². The van der Waals surface area contributed by atoms with Gasteiger partial charge in [0.15, 0.2) is 0 Å². The minimum Gasteiger partial charge on any atom is -0.455 e. The van der Waals surface area contributed by atoms with E-state index >= 15 is 0 Å². The first-order chi connectivity index (χ1) is 29.3. The molecule has 0 spiro atoms. The topological polar surface area (TPSA) is 13.1 Å². The maximum Gasteiger partial charge on any atom is 0.143 e. The fraction of sp³-hybridized carbons (Fsp3) is 0. The lowest BCUT2D eigenvalue weighted by Gasteiger charge is -2.18. The molecule has 0 aliphatic heterocycles. The predicted octanol–water partition coefficient (Wildman–Crippen LogP) is 16.5. The highest BCUT2D eigenvalue weighted by atomic mass is 16.3. The smallest absolute Gasteiger partial charge is 0.143 e. The average Bonchev–Trinajstić information content (AvgIpc) is 3.70. The third-order valence-electron chi connectivity index (χ3n) is 12.3. The predicted molar refractivity (Wildman–Crippen MR) is 251 cm³/mol. The summed E-state index contributed by atoms with van der Waals surface area (Å²) in [6.45, 7) is 0. The summed E-state index contributed by atoms with van der Waals surface area (Å²) in [5.74, 6) is 0. The molecule has 0 N–H and O–H groups in total. The van der Waals surface area contributed by atoms with E-state index in [9.17, 15) is 0 Å². The van der Waals surface area contributed by atoms with E-state index in [0.29, 0.717) is 0 Å². The quantitative estimate of drug-likeness (QED) is 0.160. The van der Waals surface area contributed by atoms with Crippen molar-refractivity contribution in [3.8, 4) is 55.6 Å². The minimum atomic E-state index is 0.883. The van der Waals surface area contributed by atoms with Crippen molar-refractivity contribution in [3.05, 3.63) is 218 Å². The second kappa shape index (κ2) is 13.4. The first kappa shape index (κ1) is 33.4. The van der Waals surface area contributed by atoms with Crippen LogP contribution in [0, 0.1) is 0 Å². The second-order valence-corrected chi connectivity index (χ2v) is 15.5. The zero-order valence-corrected chi connectivity index (χ0v) is 32.2. The van der Waals surface area contributed by atoms with Crippen LogP contribution in [0.3, 0.4) is 0 Å². The highest BCUT2D eigenvalue weighted by molar-refractivity contribution is 6.28. The Hall–Kier alpha value is -7.74. The van der Waals surface area contributed by atoms with Gasteiger partial charge in [0, 0.05) is 21.9 Å². The van der Waals surface area contributed by atoms with E-state index in [1.54, 1.807) is 0 Å². The Morgan fingerprint density at radius 1 is 0.220 bits per heavy atom. The molecule has 0 amide bonds. The highest BCUT2D eigenvalue weighted by Crippen LogP contribution is 2.50. The molecule has 1 heterocycles. The molecule has 12 rings (SSSR count). The lowest BCUT2D eigenvalue weighted by Crippen LogP contribution is -1.91. The second-order valence-electron chi connectivity index (χ2n) is 15.5. The summed E-state index contributed by atoms with van der Waals surface area (Å²) in [6.07, 6.45) is 0. The molecular formula is C58H36O. The molecule has 59 heavy (non-hydrogen) atoms. The monoisotopic (exact) mass is 748 g/mol. The number of benzene rings is 11. The van der Waals surface area contributed by atoms with Gasteiger partial charge >= 0.3 is 0 Å². The number of rotatable bonds is 5. The first-order valence-electron chi connectivity index (χ1n) is 20.3. The van der Waals surface area contributed by atoms with Crippen LogP contribution < -0.4 is 0 Å². The van der Waals surface area contributed by atoms with Crippen LogP contribution in [-0.4, -0.2) is 0 Å². The molecule has 0 unspecified atom stereocenters. The summed E-state index contributed by atoms with van der Waals surface area (Å²) < 4.78 is 7.08. The zero-order valence-electron chi connectivity index (χ0n) is 32.2. The molecule has 0 radical (unpaired) electrons. The van der Waals surface area contributed by atoms with Crippen molar-refractivity contribution in [1.82, 2.24) is 0 Å². The Bertz CT molecular complexity index is 3460. The summed E-state index contributed by atoms with van der Waals surface area (Å²) in [7, 11) is 0. The maximum atomic E-state index is 7.08. The van der Waals surface area contributed by atoms with Crippen molar-refractivity contribution in [1.29, 1.82) is 0 Å². The van der Waals surface area contributed by atoms with Crippen LogP contribution in [0.1, 0.15) is 0 Å². The fourth-order valence-corrected chi connectivity index (χ4v) is 9.78. The normalized spacial score (nSPS) is 11.7. The van der Waals surface area contributed by atoms with Gasteiger partial charge in [-0.25, -0.2) is 0 Å². The van der Waals surface area contributed by atoms with Crippen LogP contribution in [0.2, 0.25) is 0 Å². The largest absolute Gasteiger partial charge is 0.455 e. The van der Waals surface area contributed by atoms with Crippen LogP contribution in [0.4, 0.5) is 0 Å². The Labute approximate surface area is 342 Å². The first-order valence-corrected chi connectivity index (χ1v) is 20.3. The van der Waals surface area contributed by atoms with Crippen LogP contribution in [0.15, 0.2) is 223 Å².